The number of likely N-dealkylation sites (tertiary alicyclic amines) is 1. The number of benzene rings is 1. The Kier molecular flexibility index (Phi) is 5.45. The normalized spacial score (nSPS) is 18.4. The van der Waals surface area contributed by atoms with Gasteiger partial charge < -0.3 is 10.5 Å². The van der Waals surface area contributed by atoms with Crippen molar-refractivity contribution in [3.05, 3.63) is 40.9 Å². The van der Waals surface area contributed by atoms with Gasteiger partial charge >= 0.3 is 0 Å². The molecule has 2 aromatic rings. The van der Waals surface area contributed by atoms with E-state index in [4.69, 9.17) is 10.5 Å². The predicted octanol–water partition coefficient (Wildman–Crippen LogP) is 3.15. The summed E-state index contributed by atoms with van der Waals surface area (Å²) in [7, 11) is 1.70. The number of nitrogens with zero attached hydrogens (tertiary/aromatic N) is 2. The highest BCUT2D eigenvalue weighted by atomic mass is 35.5. The average Bonchev–Trinajstić information content (AvgIpc) is 3.09. The van der Waals surface area contributed by atoms with Crippen LogP contribution in [0.4, 0.5) is 5.13 Å². The van der Waals surface area contributed by atoms with Crippen LogP contribution < -0.4 is 10.5 Å². The molecule has 4 nitrogen and oxygen atoms in total. The maximum atomic E-state index is 5.68. The van der Waals surface area contributed by atoms with Gasteiger partial charge in [-0.25, -0.2) is 4.98 Å². The lowest BCUT2D eigenvalue weighted by Gasteiger charge is -2.15. The first-order valence-corrected chi connectivity index (χ1v) is 7.63. The Bertz CT molecular complexity index is 573. The van der Waals surface area contributed by atoms with Gasteiger partial charge in [-0.05, 0) is 36.6 Å². The molecule has 2 heterocycles. The van der Waals surface area contributed by atoms with Crippen LogP contribution in [-0.4, -0.2) is 30.1 Å². The highest BCUT2D eigenvalue weighted by Gasteiger charge is 2.24. The number of nitrogen functional groups attached to an aromatic ring is 1. The van der Waals surface area contributed by atoms with Crippen molar-refractivity contribution in [2.75, 3.05) is 25.9 Å². The first-order valence-electron chi connectivity index (χ1n) is 6.81. The van der Waals surface area contributed by atoms with Gasteiger partial charge in [0, 0.05) is 24.2 Å². The molecular formula is C15H20ClN3OS. The molecule has 1 aromatic carbocycles. The number of thiazole rings is 1. The molecule has 1 unspecified atom stereocenters. The van der Waals surface area contributed by atoms with Gasteiger partial charge in [-0.1, -0.05) is 12.1 Å². The van der Waals surface area contributed by atoms with E-state index in [1.54, 1.807) is 18.4 Å². The summed E-state index contributed by atoms with van der Waals surface area (Å²) in [5, 5.41) is 0.658. The van der Waals surface area contributed by atoms with Crippen LogP contribution in [0.3, 0.4) is 0 Å². The van der Waals surface area contributed by atoms with Crippen LogP contribution in [0.15, 0.2) is 30.5 Å². The van der Waals surface area contributed by atoms with Crippen LogP contribution in [0.2, 0.25) is 0 Å². The molecule has 21 heavy (non-hydrogen) atoms. The molecule has 1 fully saturated rings. The number of halogens is 1. The first-order chi connectivity index (χ1) is 9.74. The number of anilines is 1. The van der Waals surface area contributed by atoms with Crippen molar-refractivity contribution in [1.82, 2.24) is 9.88 Å². The fourth-order valence-corrected chi connectivity index (χ4v) is 3.47. The van der Waals surface area contributed by atoms with Crippen molar-refractivity contribution < 1.29 is 4.74 Å². The SMILES string of the molecule is COc1ccc(C2CCN(Cc3cnc(N)s3)C2)cc1.Cl. The predicted molar refractivity (Wildman–Crippen MR) is 89.4 cm³/mol. The summed E-state index contributed by atoms with van der Waals surface area (Å²) in [6, 6.07) is 8.44. The van der Waals surface area contributed by atoms with Crippen molar-refractivity contribution in [2.24, 2.45) is 0 Å². The molecule has 3 rings (SSSR count). The molecule has 6 heteroatoms. The van der Waals surface area contributed by atoms with E-state index in [9.17, 15) is 0 Å². The number of hydrogen-bond acceptors (Lipinski definition) is 5. The molecule has 0 spiro atoms. The Morgan fingerprint density at radius 1 is 1.38 bits per heavy atom. The molecule has 2 N–H and O–H groups in total. The Hall–Kier alpha value is -1.30. The minimum Gasteiger partial charge on any atom is -0.497 e. The number of nitrogens with two attached hydrogens (primary N) is 1. The van der Waals surface area contributed by atoms with E-state index >= 15 is 0 Å². The topological polar surface area (TPSA) is 51.4 Å². The van der Waals surface area contributed by atoms with E-state index in [0.29, 0.717) is 11.0 Å². The fraction of sp³-hybridized carbons (Fsp3) is 0.400. The number of methoxy groups -OCH3 is 1. The quantitative estimate of drug-likeness (QED) is 0.938. The molecule has 1 saturated heterocycles. The second-order valence-corrected chi connectivity index (χ2v) is 6.31. The van der Waals surface area contributed by atoms with E-state index in [1.165, 1.54) is 16.9 Å². The van der Waals surface area contributed by atoms with Crippen molar-refractivity contribution in [3.8, 4) is 5.75 Å². The number of ether oxygens (including phenoxy) is 1. The molecule has 0 radical (unpaired) electrons. The fourth-order valence-electron chi connectivity index (χ4n) is 2.74. The third-order valence-corrected chi connectivity index (χ3v) is 4.62. The van der Waals surface area contributed by atoms with Crippen LogP contribution >= 0.6 is 23.7 Å². The van der Waals surface area contributed by atoms with Crippen molar-refractivity contribution in [2.45, 2.75) is 18.9 Å². The minimum atomic E-state index is 0. The number of aromatic nitrogens is 1. The summed E-state index contributed by atoms with van der Waals surface area (Å²) in [5.74, 6) is 1.54. The molecule has 1 aliphatic rings. The van der Waals surface area contributed by atoms with Gasteiger partial charge in [0.2, 0.25) is 0 Å². The van der Waals surface area contributed by atoms with Crippen LogP contribution in [0.5, 0.6) is 5.75 Å². The summed E-state index contributed by atoms with van der Waals surface area (Å²) in [6.45, 7) is 3.19. The van der Waals surface area contributed by atoms with E-state index in [2.05, 4.69) is 22.0 Å². The Morgan fingerprint density at radius 3 is 2.76 bits per heavy atom. The van der Waals surface area contributed by atoms with Crippen molar-refractivity contribution in [3.63, 3.8) is 0 Å². The van der Waals surface area contributed by atoms with E-state index in [-0.39, 0.29) is 12.4 Å². The van der Waals surface area contributed by atoms with Gasteiger partial charge in [-0.15, -0.1) is 23.7 Å². The Morgan fingerprint density at radius 2 is 2.14 bits per heavy atom. The number of rotatable bonds is 4. The molecule has 1 atom stereocenters. The van der Waals surface area contributed by atoms with Crippen LogP contribution in [0, 0.1) is 0 Å². The van der Waals surface area contributed by atoms with Gasteiger partial charge in [0.05, 0.1) is 7.11 Å². The smallest absolute Gasteiger partial charge is 0.180 e. The van der Waals surface area contributed by atoms with Gasteiger partial charge in [-0.2, -0.15) is 0 Å². The van der Waals surface area contributed by atoms with Crippen LogP contribution in [0.1, 0.15) is 22.8 Å². The second-order valence-electron chi connectivity index (χ2n) is 5.16. The maximum absolute atomic E-state index is 5.68. The molecule has 0 amide bonds. The highest BCUT2D eigenvalue weighted by molar-refractivity contribution is 7.15. The second kappa shape index (κ2) is 7.11. The van der Waals surface area contributed by atoms with E-state index < -0.39 is 0 Å². The maximum Gasteiger partial charge on any atom is 0.180 e. The molecule has 0 saturated carbocycles. The number of hydrogen-bond donors (Lipinski definition) is 1. The molecule has 114 valence electrons. The summed E-state index contributed by atoms with van der Waals surface area (Å²) in [4.78, 5) is 7.83. The molecule has 1 aromatic heterocycles. The van der Waals surface area contributed by atoms with E-state index in [0.717, 1.165) is 25.4 Å². The third kappa shape index (κ3) is 3.87. The van der Waals surface area contributed by atoms with Crippen molar-refractivity contribution >= 4 is 28.9 Å². The standard InChI is InChI=1S/C15H19N3OS.ClH/c1-19-13-4-2-11(3-5-13)12-6-7-18(9-12)10-14-8-17-15(16)20-14;/h2-5,8,12H,6-7,9-10H2,1H3,(H2,16,17);1H. The highest BCUT2D eigenvalue weighted by Crippen LogP contribution is 2.30. The summed E-state index contributed by atoms with van der Waals surface area (Å²) < 4.78 is 5.21. The van der Waals surface area contributed by atoms with Crippen molar-refractivity contribution in [1.29, 1.82) is 0 Å². The molecular weight excluding hydrogens is 306 g/mol. The monoisotopic (exact) mass is 325 g/mol. The lowest BCUT2D eigenvalue weighted by molar-refractivity contribution is 0.329. The van der Waals surface area contributed by atoms with Crippen LogP contribution in [-0.2, 0) is 6.54 Å². The lowest BCUT2D eigenvalue weighted by atomic mass is 9.98. The third-order valence-electron chi connectivity index (χ3n) is 3.81. The van der Waals surface area contributed by atoms with Gasteiger partial charge in [0.1, 0.15) is 5.75 Å². The lowest BCUT2D eigenvalue weighted by Crippen LogP contribution is -2.19. The summed E-state index contributed by atoms with van der Waals surface area (Å²) in [5.41, 5.74) is 7.08. The molecule has 0 aliphatic carbocycles. The Balaban J connectivity index is 0.00000161. The molecule has 0 bridgehead atoms. The largest absolute Gasteiger partial charge is 0.497 e. The summed E-state index contributed by atoms with van der Waals surface area (Å²) >= 11 is 1.59. The van der Waals surface area contributed by atoms with Gasteiger partial charge in [0.25, 0.3) is 0 Å². The van der Waals surface area contributed by atoms with Crippen LogP contribution in [0.25, 0.3) is 0 Å². The average molecular weight is 326 g/mol. The zero-order chi connectivity index (χ0) is 13.9. The zero-order valence-corrected chi connectivity index (χ0v) is 13.6. The van der Waals surface area contributed by atoms with E-state index in [1.807, 2.05) is 18.3 Å². The Labute approximate surface area is 135 Å². The van der Waals surface area contributed by atoms with Gasteiger partial charge in [-0.3, -0.25) is 4.90 Å². The zero-order valence-electron chi connectivity index (χ0n) is 12.0. The minimum absolute atomic E-state index is 0. The first kappa shape index (κ1) is 16.1. The van der Waals surface area contributed by atoms with Gasteiger partial charge in [0.15, 0.2) is 5.13 Å². The summed E-state index contributed by atoms with van der Waals surface area (Å²) in [6.07, 6.45) is 3.10. The molecule has 1 aliphatic heterocycles.